The highest BCUT2D eigenvalue weighted by Gasteiger charge is 2.33. The molecule has 0 radical (unpaired) electrons. The zero-order valence-electron chi connectivity index (χ0n) is 11.6. The molecule has 0 fully saturated rings. The minimum atomic E-state index is 0.185. The van der Waals surface area contributed by atoms with Crippen molar-refractivity contribution in [1.82, 2.24) is 5.32 Å². The van der Waals surface area contributed by atoms with E-state index in [2.05, 4.69) is 46.9 Å². The summed E-state index contributed by atoms with van der Waals surface area (Å²) in [5.41, 5.74) is 0.185. The molecule has 0 amide bonds. The van der Waals surface area contributed by atoms with Crippen LogP contribution in [0.4, 0.5) is 0 Å². The van der Waals surface area contributed by atoms with Crippen molar-refractivity contribution in [3.63, 3.8) is 0 Å². The molecule has 0 aromatic carbocycles. The first-order valence-electron chi connectivity index (χ1n) is 6.10. The van der Waals surface area contributed by atoms with Crippen molar-refractivity contribution in [3.05, 3.63) is 0 Å². The smallest absolute Gasteiger partial charge is 0.0774 e. The molecule has 0 aliphatic heterocycles. The normalized spacial score (nSPS) is 16.8. The van der Waals surface area contributed by atoms with Crippen LogP contribution < -0.4 is 5.32 Å². The molecule has 0 aromatic rings. The lowest BCUT2D eigenvalue weighted by Gasteiger charge is -2.38. The van der Waals surface area contributed by atoms with E-state index in [1.807, 2.05) is 7.11 Å². The van der Waals surface area contributed by atoms with Gasteiger partial charge in [0.05, 0.1) is 6.10 Å². The number of ether oxygens (including phenoxy) is 1. The summed E-state index contributed by atoms with van der Waals surface area (Å²) < 4.78 is 5.67. The Morgan fingerprint density at radius 1 is 1.20 bits per heavy atom. The first-order chi connectivity index (χ1) is 6.84. The lowest BCUT2D eigenvalue weighted by molar-refractivity contribution is -0.0225. The third kappa shape index (κ3) is 4.98. The van der Waals surface area contributed by atoms with Gasteiger partial charge in [-0.2, -0.15) is 0 Å². The monoisotopic (exact) mass is 215 g/mol. The van der Waals surface area contributed by atoms with E-state index in [-0.39, 0.29) is 11.5 Å². The van der Waals surface area contributed by atoms with Crippen LogP contribution in [-0.2, 0) is 4.74 Å². The van der Waals surface area contributed by atoms with E-state index in [0.717, 1.165) is 6.54 Å². The maximum atomic E-state index is 5.67. The van der Waals surface area contributed by atoms with Gasteiger partial charge in [0.2, 0.25) is 0 Å². The van der Waals surface area contributed by atoms with Gasteiger partial charge < -0.3 is 10.1 Å². The van der Waals surface area contributed by atoms with Gasteiger partial charge in [-0.05, 0) is 24.3 Å². The Morgan fingerprint density at radius 3 is 2.00 bits per heavy atom. The summed E-state index contributed by atoms with van der Waals surface area (Å²) in [7, 11) is 1.82. The van der Waals surface area contributed by atoms with Crippen LogP contribution in [0.2, 0.25) is 0 Å². The summed E-state index contributed by atoms with van der Waals surface area (Å²) in [5.74, 6) is 0.598. The molecule has 0 spiro atoms. The molecular weight excluding hydrogens is 186 g/mol. The van der Waals surface area contributed by atoms with Crippen LogP contribution in [0.1, 0.15) is 48.0 Å². The highest BCUT2D eigenvalue weighted by Crippen LogP contribution is 2.27. The van der Waals surface area contributed by atoms with E-state index >= 15 is 0 Å². The number of nitrogens with one attached hydrogen (secondary N) is 1. The second kappa shape index (κ2) is 6.49. The Bertz CT molecular complexity index is 160. The van der Waals surface area contributed by atoms with Gasteiger partial charge in [-0.3, -0.25) is 0 Å². The van der Waals surface area contributed by atoms with Gasteiger partial charge in [-0.1, -0.05) is 41.5 Å². The quantitative estimate of drug-likeness (QED) is 0.735. The van der Waals surface area contributed by atoms with Gasteiger partial charge in [0.25, 0.3) is 0 Å². The highest BCUT2D eigenvalue weighted by atomic mass is 16.5. The molecule has 92 valence electrons. The molecule has 0 aliphatic carbocycles. The van der Waals surface area contributed by atoms with Gasteiger partial charge >= 0.3 is 0 Å². The molecule has 15 heavy (non-hydrogen) atoms. The maximum absolute atomic E-state index is 5.67. The van der Waals surface area contributed by atoms with Gasteiger partial charge in [-0.15, -0.1) is 0 Å². The Kier molecular flexibility index (Phi) is 6.46. The fourth-order valence-electron chi connectivity index (χ4n) is 2.04. The molecule has 0 aliphatic rings. The molecule has 2 unspecified atom stereocenters. The topological polar surface area (TPSA) is 21.3 Å². The van der Waals surface area contributed by atoms with Gasteiger partial charge in [-0.25, -0.2) is 0 Å². The Hall–Kier alpha value is -0.0800. The van der Waals surface area contributed by atoms with Crippen molar-refractivity contribution in [2.45, 2.75) is 60.1 Å². The predicted octanol–water partition coefficient (Wildman–Crippen LogP) is 3.07. The molecule has 0 saturated heterocycles. The van der Waals surface area contributed by atoms with Crippen LogP contribution in [0.5, 0.6) is 0 Å². The molecule has 2 atom stereocenters. The average molecular weight is 215 g/mol. The highest BCUT2D eigenvalue weighted by molar-refractivity contribution is 4.87. The summed E-state index contributed by atoms with van der Waals surface area (Å²) in [5, 5.41) is 3.60. The van der Waals surface area contributed by atoms with Crippen molar-refractivity contribution in [1.29, 1.82) is 0 Å². The number of rotatable bonds is 6. The van der Waals surface area contributed by atoms with Crippen LogP contribution in [0.15, 0.2) is 0 Å². The van der Waals surface area contributed by atoms with Crippen LogP contribution in [0, 0.1) is 11.3 Å². The molecule has 0 aromatic heterocycles. The first kappa shape index (κ1) is 14.9. The second-order valence-corrected chi connectivity index (χ2v) is 5.75. The van der Waals surface area contributed by atoms with Crippen molar-refractivity contribution in [2.75, 3.05) is 13.7 Å². The molecule has 2 nitrogen and oxygen atoms in total. The molecular formula is C13H29NO. The molecule has 0 bridgehead atoms. The van der Waals surface area contributed by atoms with Crippen LogP contribution in [0.3, 0.4) is 0 Å². The predicted molar refractivity (Wildman–Crippen MR) is 67.2 cm³/mol. The summed E-state index contributed by atoms with van der Waals surface area (Å²) in [4.78, 5) is 0. The minimum Gasteiger partial charge on any atom is -0.379 e. The van der Waals surface area contributed by atoms with E-state index in [0.29, 0.717) is 12.0 Å². The largest absolute Gasteiger partial charge is 0.379 e. The van der Waals surface area contributed by atoms with Crippen LogP contribution in [-0.4, -0.2) is 25.8 Å². The SMILES string of the molecule is CCCNC(C(C)C)C(OC)C(C)(C)C. The molecule has 1 N–H and O–H groups in total. The van der Waals surface area contributed by atoms with Crippen LogP contribution >= 0.6 is 0 Å². The first-order valence-corrected chi connectivity index (χ1v) is 6.10. The number of methoxy groups -OCH3 is 1. The molecule has 2 heteroatoms. The van der Waals surface area contributed by atoms with Gasteiger partial charge in [0.1, 0.15) is 0 Å². The van der Waals surface area contributed by atoms with Crippen molar-refractivity contribution in [3.8, 4) is 0 Å². The fourth-order valence-corrected chi connectivity index (χ4v) is 2.04. The molecule has 0 heterocycles. The average Bonchev–Trinajstić information content (AvgIpc) is 2.09. The van der Waals surface area contributed by atoms with E-state index in [9.17, 15) is 0 Å². The van der Waals surface area contributed by atoms with E-state index < -0.39 is 0 Å². The van der Waals surface area contributed by atoms with Crippen LogP contribution in [0.25, 0.3) is 0 Å². The van der Waals surface area contributed by atoms with E-state index in [1.165, 1.54) is 6.42 Å². The van der Waals surface area contributed by atoms with Crippen molar-refractivity contribution < 1.29 is 4.74 Å². The van der Waals surface area contributed by atoms with Crippen molar-refractivity contribution in [2.24, 2.45) is 11.3 Å². The van der Waals surface area contributed by atoms with E-state index in [1.54, 1.807) is 0 Å². The maximum Gasteiger partial charge on any atom is 0.0774 e. The van der Waals surface area contributed by atoms with Gasteiger partial charge in [0, 0.05) is 13.2 Å². The Labute approximate surface area is 95.8 Å². The number of hydrogen-bond donors (Lipinski definition) is 1. The summed E-state index contributed by atoms with van der Waals surface area (Å²) in [6.45, 7) is 14.5. The number of hydrogen-bond acceptors (Lipinski definition) is 2. The summed E-state index contributed by atoms with van der Waals surface area (Å²) >= 11 is 0. The van der Waals surface area contributed by atoms with Gasteiger partial charge in [0.15, 0.2) is 0 Å². The minimum absolute atomic E-state index is 0.185. The summed E-state index contributed by atoms with van der Waals surface area (Å²) in [6.07, 6.45) is 1.44. The lowest BCUT2D eigenvalue weighted by Crippen LogP contribution is -2.50. The lowest BCUT2D eigenvalue weighted by atomic mass is 9.80. The Balaban J connectivity index is 4.55. The summed E-state index contributed by atoms with van der Waals surface area (Å²) in [6, 6.07) is 0.440. The third-order valence-electron chi connectivity index (χ3n) is 2.78. The van der Waals surface area contributed by atoms with E-state index in [4.69, 9.17) is 4.74 Å². The zero-order chi connectivity index (χ0) is 12.1. The Morgan fingerprint density at radius 2 is 1.73 bits per heavy atom. The zero-order valence-corrected chi connectivity index (χ0v) is 11.6. The fraction of sp³-hybridized carbons (Fsp3) is 1.00. The third-order valence-corrected chi connectivity index (χ3v) is 2.78. The molecule has 0 rings (SSSR count). The standard InChI is InChI=1S/C13H29NO/c1-8-9-14-11(10(2)3)12(15-7)13(4,5)6/h10-12,14H,8-9H2,1-7H3. The molecule has 0 saturated carbocycles. The second-order valence-electron chi connectivity index (χ2n) is 5.75. The van der Waals surface area contributed by atoms with Crippen molar-refractivity contribution >= 4 is 0 Å².